The summed E-state index contributed by atoms with van der Waals surface area (Å²) < 4.78 is 11.0. The molecule has 1 N–H and O–H groups in total. The van der Waals surface area contributed by atoms with Crippen LogP contribution in [0.1, 0.15) is 11.3 Å². The van der Waals surface area contributed by atoms with E-state index in [0.717, 1.165) is 5.56 Å². The van der Waals surface area contributed by atoms with Crippen molar-refractivity contribution in [2.24, 2.45) is 0 Å². The van der Waals surface area contributed by atoms with Crippen LogP contribution in [0.4, 0.5) is 11.4 Å². The molecule has 0 bridgehead atoms. The largest absolute Gasteiger partial charge is 0.496 e. The van der Waals surface area contributed by atoms with Crippen LogP contribution in [0.25, 0.3) is 17.4 Å². The van der Waals surface area contributed by atoms with E-state index in [0.29, 0.717) is 17.0 Å². The molecule has 2 amide bonds. The highest BCUT2D eigenvalue weighted by Crippen LogP contribution is 2.35. The number of non-ortho nitro benzene ring substituents is 1. The van der Waals surface area contributed by atoms with E-state index in [-0.39, 0.29) is 27.9 Å². The van der Waals surface area contributed by atoms with E-state index in [4.69, 9.17) is 21.4 Å². The fraction of sp³-hybridized carbons (Fsp3) is 0.0870. The highest BCUT2D eigenvalue weighted by atomic mass is 32.1. The van der Waals surface area contributed by atoms with Gasteiger partial charge in [-0.3, -0.25) is 29.9 Å². The number of nitro groups is 1. The van der Waals surface area contributed by atoms with Gasteiger partial charge >= 0.3 is 0 Å². The molecular formula is C23H17N3O6S. The van der Waals surface area contributed by atoms with Crippen molar-refractivity contribution < 1.29 is 23.7 Å². The summed E-state index contributed by atoms with van der Waals surface area (Å²) in [6, 6.07) is 14.5. The lowest BCUT2D eigenvalue weighted by Crippen LogP contribution is -2.54. The van der Waals surface area contributed by atoms with E-state index in [2.05, 4.69) is 5.32 Å². The molecule has 2 heterocycles. The molecule has 166 valence electrons. The number of carbonyl (C=O) groups is 2. The molecule has 33 heavy (non-hydrogen) atoms. The summed E-state index contributed by atoms with van der Waals surface area (Å²) in [6.07, 6.45) is 1.33. The number of ether oxygens (including phenoxy) is 1. The Kier molecular flexibility index (Phi) is 5.76. The lowest BCUT2D eigenvalue weighted by atomic mass is 10.1. The number of carbonyl (C=O) groups excluding carboxylic acids is 2. The van der Waals surface area contributed by atoms with Crippen molar-refractivity contribution in [1.29, 1.82) is 0 Å². The van der Waals surface area contributed by atoms with E-state index in [1.807, 2.05) is 19.1 Å². The van der Waals surface area contributed by atoms with Gasteiger partial charge < -0.3 is 9.15 Å². The van der Waals surface area contributed by atoms with Gasteiger partial charge in [0, 0.05) is 6.07 Å². The van der Waals surface area contributed by atoms with Gasteiger partial charge in [-0.2, -0.15) is 0 Å². The first-order chi connectivity index (χ1) is 15.8. The molecule has 0 unspecified atom stereocenters. The number of amides is 2. The van der Waals surface area contributed by atoms with Gasteiger partial charge in [0.2, 0.25) is 0 Å². The first kappa shape index (κ1) is 21.9. The third-order valence-electron chi connectivity index (χ3n) is 5.03. The van der Waals surface area contributed by atoms with Crippen molar-refractivity contribution in [2.75, 3.05) is 12.0 Å². The Labute approximate surface area is 193 Å². The first-order valence-corrected chi connectivity index (χ1v) is 10.1. The minimum Gasteiger partial charge on any atom is -0.496 e. The minimum atomic E-state index is -0.638. The molecule has 1 aromatic heterocycles. The predicted octanol–water partition coefficient (Wildman–Crippen LogP) is 4.00. The third kappa shape index (κ3) is 4.11. The SMILES string of the molecule is COc1cc([N+](=O)[O-])ccc1-c1ccc(/C=C2\C(=O)NC(=S)N(c3ccccc3C)C2=O)o1. The topological polar surface area (TPSA) is 115 Å². The van der Waals surface area contributed by atoms with Crippen LogP contribution in [0.2, 0.25) is 0 Å². The fourth-order valence-corrected chi connectivity index (χ4v) is 3.68. The maximum atomic E-state index is 13.2. The summed E-state index contributed by atoms with van der Waals surface area (Å²) in [5, 5.41) is 13.5. The molecule has 0 aliphatic carbocycles. The van der Waals surface area contributed by atoms with Crippen LogP contribution >= 0.6 is 12.2 Å². The van der Waals surface area contributed by atoms with Crippen LogP contribution in [0.3, 0.4) is 0 Å². The molecule has 10 heteroatoms. The number of rotatable bonds is 5. The van der Waals surface area contributed by atoms with Crippen LogP contribution in [0, 0.1) is 17.0 Å². The Hall–Kier alpha value is -4.31. The van der Waals surface area contributed by atoms with Gasteiger partial charge in [0.25, 0.3) is 17.5 Å². The Morgan fingerprint density at radius 2 is 1.91 bits per heavy atom. The molecule has 1 aliphatic rings. The monoisotopic (exact) mass is 463 g/mol. The summed E-state index contributed by atoms with van der Waals surface area (Å²) in [4.78, 5) is 37.4. The van der Waals surface area contributed by atoms with E-state index < -0.39 is 16.7 Å². The second kappa shape index (κ2) is 8.67. The normalized spacial score (nSPS) is 15.0. The maximum absolute atomic E-state index is 13.2. The van der Waals surface area contributed by atoms with Crippen molar-refractivity contribution in [3.63, 3.8) is 0 Å². The van der Waals surface area contributed by atoms with Gasteiger partial charge in [0.15, 0.2) is 5.11 Å². The van der Waals surface area contributed by atoms with E-state index >= 15 is 0 Å². The van der Waals surface area contributed by atoms with Crippen molar-refractivity contribution in [3.8, 4) is 17.1 Å². The smallest absolute Gasteiger partial charge is 0.273 e. The maximum Gasteiger partial charge on any atom is 0.273 e. The van der Waals surface area contributed by atoms with Crippen LogP contribution in [-0.2, 0) is 9.59 Å². The highest BCUT2D eigenvalue weighted by Gasteiger charge is 2.35. The summed E-state index contributed by atoms with van der Waals surface area (Å²) in [5.74, 6) is -0.380. The number of hydrogen-bond acceptors (Lipinski definition) is 7. The molecule has 3 aromatic rings. The van der Waals surface area contributed by atoms with Crippen LogP contribution in [-0.4, -0.2) is 29.0 Å². The Balaban J connectivity index is 1.69. The zero-order valence-corrected chi connectivity index (χ0v) is 18.3. The average Bonchev–Trinajstić information content (AvgIpc) is 3.25. The van der Waals surface area contributed by atoms with E-state index in [1.54, 1.807) is 24.3 Å². The standard InChI is InChI=1S/C23H17N3O6S/c1-13-5-3-4-6-18(13)25-22(28)17(21(27)24-23(25)33)12-15-8-10-19(32-15)16-9-7-14(26(29)30)11-20(16)31-2/h3-12H,1-2H3,(H,24,27,33)/b17-12+. The second-order valence-electron chi connectivity index (χ2n) is 7.09. The number of furan rings is 1. The van der Waals surface area contributed by atoms with Gasteiger partial charge in [0.05, 0.1) is 29.4 Å². The van der Waals surface area contributed by atoms with Gasteiger partial charge in [-0.05, 0) is 55.0 Å². The molecule has 1 fully saturated rings. The number of hydrogen-bond donors (Lipinski definition) is 1. The summed E-state index contributed by atoms with van der Waals surface area (Å²) >= 11 is 5.23. The predicted molar refractivity (Wildman–Crippen MR) is 125 cm³/mol. The molecular weight excluding hydrogens is 446 g/mol. The number of nitrogens with zero attached hydrogens (tertiary/aromatic N) is 2. The zero-order valence-electron chi connectivity index (χ0n) is 17.5. The van der Waals surface area contributed by atoms with Gasteiger partial charge in [-0.25, -0.2) is 0 Å². The number of benzene rings is 2. The summed E-state index contributed by atoms with van der Waals surface area (Å²) in [5.41, 5.74) is 1.59. The van der Waals surface area contributed by atoms with Crippen molar-refractivity contribution in [3.05, 3.63) is 81.6 Å². The van der Waals surface area contributed by atoms with Crippen LogP contribution in [0.5, 0.6) is 5.75 Å². The molecule has 0 radical (unpaired) electrons. The number of anilines is 1. The Morgan fingerprint density at radius 3 is 2.61 bits per heavy atom. The molecule has 0 atom stereocenters. The minimum absolute atomic E-state index is 0.00722. The summed E-state index contributed by atoms with van der Waals surface area (Å²) in [6.45, 7) is 1.83. The molecule has 0 saturated carbocycles. The second-order valence-corrected chi connectivity index (χ2v) is 7.47. The highest BCUT2D eigenvalue weighted by molar-refractivity contribution is 7.80. The lowest BCUT2D eigenvalue weighted by Gasteiger charge is -2.29. The number of para-hydroxylation sites is 1. The van der Waals surface area contributed by atoms with Crippen LogP contribution in [0.15, 0.2) is 64.6 Å². The number of nitrogens with one attached hydrogen (secondary N) is 1. The quantitative estimate of drug-likeness (QED) is 0.200. The third-order valence-corrected chi connectivity index (χ3v) is 5.32. The average molecular weight is 463 g/mol. The molecule has 2 aromatic carbocycles. The summed E-state index contributed by atoms with van der Waals surface area (Å²) in [7, 11) is 1.39. The molecule has 1 saturated heterocycles. The Morgan fingerprint density at radius 1 is 1.15 bits per heavy atom. The van der Waals surface area contributed by atoms with E-state index in [1.165, 1.54) is 36.3 Å². The van der Waals surface area contributed by atoms with Crippen molar-refractivity contribution >= 4 is 46.6 Å². The van der Waals surface area contributed by atoms with E-state index in [9.17, 15) is 19.7 Å². The molecule has 4 rings (SSSR count). The molecule has 9 nitrogen and oxygen atoms in total. The Bertz CT molecular complexity index is 1340. The van der Waals surface area contributed by atoms with Crippen molar-refractivity contribution in [2.45, 2.75) is 6.92 Å². The molecule has 1 aliphatic heterocycles. The number of aryl methyl sites for hydroxylation is 1. The van der Waals surface area contributed by atoms with Gasteiger partial charge in [0.1, 0.15) is 22.8 Å². The van der Waals surface area contributed by atoms with Gasteiger partial charge in [-0.15, -0.1) is 0 Å². The van der Waals surface area contributed by atoms with Crippen LogP contribution < -0.4 is 15.0 Å². The number of nitro benzene ring substituents is 1. The number of methoxy groups -OCH3 is 1. The first-order valence-electron chi connectivity index (χ1n) is 9.70. The van der Waals surface area contributed by atoms with Gasteiger partial charge in [-0.1, -0.05) is 18.2 Å². The van der Waals surface area contributed by atoms with Crippen molar-refractivity contribution in [1.82, 2.24) is 5.32 Å². The zero-order chi connectivity index (χ0) is 23.7. The fourth-order valence-electron chi connectivity index (χ4n) is 3.41. The lowest BCUT2D eigenvalue weighted by molar-refractivity contribution is -0.384. The number of thiocarbonyl (C=S) groups is 1. The molecule has 0 spiro atoms.